The third kappa shape index (κ3) is 5.38. The minimum Gasteiger partial charge on any atom is -0.303 e. The highest BCUT2D eigenvalue weighted by Crippen LogP contribution is 2.01. The molecule has 0 unspecified atom stereocenters. The Morgan fingerprint density at radius 1 is 1.20 bits per heavy atom. The van der Waals surface area contributed by atoms with Crippen molar-refractivity contribution in [1.29, 1.82) is 0 Å². The van der Waals surface area contributed by atoms with Crippen molar-refractivity contribution in [2.75, 3.05) is 20.1 Å². The van der Waals surface area contributed by atoms with Crippen LogP contribution in [0.3, 0.4) is 0 Å². The van der Waals surface area contributed by atoms with Crippen LogP contribution in [0.25, 0.3) is 6.08 Å². The van der Waals surface area contributed by atoms with Gasteiger partial charge in [-0.2, -0.15) is 0 Å². The largest absolute Gasteiger partial charge is 0.303 e. The van der Waals surface area contributed by atoms with Gasteiger partial charge in [0.2, 0.25) is 0 Å². The Morgan fingerprint density at radius 2 is 1.93 bits per heavy atom. The summed E-state index contributed by atoms with van der Waals surface area (Å²) in [6.45, 7) is 4.46. The first-order valence-electron chi connectivity index (χ1n) is 5.73. The van der Waals surface area contributed by atoms with Crippen molar-refractivity contribution in [3.05, 3.63) is 42.0 Å². The first kappa shape index (κ1) is 12.0. The summed E-state index contributed by atoms with van der Waals surface area (Å²) in [5.41, 5.74) is 1.28. The molecule has 0 aliphatic rings. The molecule has 0 aliphatic carbocycles. The monoisotopic (exact) mass is 203 g/mol. The maximum absolute atomic E-state index is 2.35. The van der Waals surface area contributed by atoms with E-state index in [1.807, 2.05) is 6.07 Å². The Hall–Kier alpha value is -1.08. The van der Waals surface area contributed by atoms with Crippen molar-refractivity contribution in [3.8, 4) is 0 Å². The molecule has 0 bridgehead atoms. The molecule has 0 aromatic heterocycles. The molecule has 0 aliphatic heterocycles. The smallest absolute Gasteiger partial charge is 0.0163 e. The van der Waals surface area contributed by atoms with E-state index in [0.29, 0.717) is 0 Å². The second-order valence-electron chi connectivity index (χ2n) is 3.93. The van der Waals surface area contributed by atoms with E-state index in [1.54, 1.807) is 0 Å². The predicted molar refractivity (Wildman–Crippen MR) is 67.9 cm³/mol. The molecule has 0 saturated carbocycles. The number of benzene rings is 1. The van der Waals surface area contributed by atoms with Gasteiger partial charge in [-0.05, 0) is 25.6 Å². The van der Waals surface area contributed by atoms with Gasteiger partial charge in [0, 0.05) is 6.54 Å². The lowest BCUT2D eigenvalue weighted by Crippen LogP contribution is -2.19. The molecule has 0 saturated heterocycles. The minimum absolute atomic E-state index is 1.04. The fourth-order valence-electron chi connectivity index (χ4n) is 1.45. The van der Waals surface area contributed by atoms with E-state index < -0.39 is 0 Å². The Kier molecular flexibility index (Phi) is 5.79. The predicted octanol–water partition coefficient (Wildman–Crippen LogP) is 3.43. The van der Waals surface area contributed by atoms with Crippen molar-refractivity contribution < 1.29 is 0 Å². The summed E-state index contributed by atoms with van der Waals surface area (Å²) in [5.74, 6) is 0. The summed E-state index contributed by atoms with van der Waals surface area (Å²) < 4.78 is 0. The summed E-state index contributed by atoms with van der Waals surface area (Å²) in [7, 11) is 2.17. The van der Waals surface area contributed by atoms with Crippen LogP contribution in [0.1, 0.15) is 25.3 Å². The van der Waals surface area contributed by atoms with Gasteiger partial charge in [0.1, 0.15) is 0 Å². The van der Waals surface area contributed by atoms with E-state index in [1.165, 1.54) is 24.9 Å². The lowest BCUT2D eigenvalue weighted by molar-refractivity contribution is 0.363. The topological polar surface area (TPSA) is 3.24 Å². The number of rotatable bonds is 6. The summed E-state index contributed by atoms with van der Waals surface area (Å²) in [6.07, 6.45) is 6.97. The van der Waals surface area contributed by atoms with Crippen LogP contribution in [0.4, 0.5) is 0 Å². The van der Waals surface area contributed by atoms with Gasteiger partial charge in [0.25, 0.3) is 0 Å². The van der Waals surface area contributed by atoms with Crippen LogP contribution >= 0.6 is 0 Å². The van der Waals surface area contributed by atoms with Crippen LogP contribution in [0.5, 0.6) is 0 Å². The van der Waals surface area contributed by atoms with Gasteiger partial charge in [-0.25, -0.2) is 0 Å². The molecule has 0 radical (unpaired) electrons. The van der Waals surface area contributed by atoms with E-state index in [0.717, 1.165) is 6.54 Å². The van der Waals surface area contributed by atoms with E-state index in [-0.39, 0.29) is 0 Å². The minimum atomic E-state index is 1.04. The Bertz CT molecular complexity index is 277. The first-order chi connectivity index (χ1) is 7.33. The fourth-order valence-corrected chi connectivity index (χ4v) is 1.45. The van der Waals surface area contributed by atoms with Crippen LogP contribution in [-0.2, 0) is 0 Å². The molecule has 0 atom stereocenters. The van der Waals surface area contributed by atoms with Crippen molar-refractivity contribution in [2.24, 2.45) is 0 Å². The van der Waals surface area contributed by atoms with Gasteiger partial charge in [-0.1, -0.05) is 55.8 Å². The lowest BCUT2D eigenvalue weighted by atomic mass is 10.2. The number of hydrogen-bond acceptors (Lipinski definition) is 1. The van der Waals surface area contributed by atoms with Gasteiger partial charge < -0.3 is 4.90 Å². The summed E-state index contributed by atoms with van der Waals surface area (Å²) >= 11 is 0. The van der Waals surface area contributed by atoms with Crippen molar-refractivity contribution >= 4 is 6.08 Å². The second kappa shape index (κ2) is 7.24. The first-order valence-corrected chi connectivity index (χ1v) is 5.73. The van der Waals surface area contributed by atoms with Gasteiger partial charge in [-0.3, -0.25) is 0 Å². The lowest BCUT2D eigenvalue weighted by Gasteiger charge is -2.12. The Labute approximate surface area is 93.4 Å². The van der Waals surface area contributed by atoms with Crippen molar-refractivity contribution in [2.45, 2.75) is 19.8 Å². The zero-order valence-electron chi connectivity index (χ0n) is 9.82. The number of hydrogen-bond donors (Lipinski definition) is 0. The van der Waals surface area contributed by atoms with Crippen LogP contribution < -0.4 is 0 Å². The van der Waals surface area contributed by atoms with E-state index in [9.17, 15) is 0 Å². The average Bonchev–Trinajstić information content (AvgIpc) is 2.28. The number of likely N-dealkylation sites (N-methyl/N-ethyl adjacent to an activating group) is 1. The third-order valence-corrected chi connectivity index (χ3v) is 2.42. The highest BCUT2D eigenvalue weighted by atomic mass is 15.1. The maximum Gasteiger partial charge on any atom is 0.0163 e. The molecular weight excluding hydrogens is 182 g/mol. The molecule has 1 nitrogen and oxygen atoms in total. The number of nitrogens with zero attached hydrogens (tertiary/aromatic N) is 1. The number of unbranched alkanes of at least 4 members (excludes halogenated alkanes) is 1. The standard InChI is InChI=1S/C14H21N/c1-3-4-12-15(2)13-8-11-14-9-6-5-7-10-14/h5-11H,3-4,12-13H2,1-2H3. The average molecular weight is 203 g/mol. The van der Waals surface area contributed by atoms with Gasteiger partial charge in [0.15, 0.2) is 0 Å². The fraction of sp³-hybridized carbons (Fsp3) is 0.429. The molecule has 1 heteroatoms. The summed E-state index contributed by atoms with van der Waals surface area (Å²) in [5, 5.41) is 0. The molecule has 0 N–H and O–H groups in total. The van der Waals surface area contributed by atoms with Crippen LogP contribution in [0.2, 0.25) is 0 Å². The highest BCUT2D eigenvalue weighted by molar-refractivity contribution is 5.48. The van der Waals surface area contributed by atoms with E-state index in [4.69, 9.17) is 0 Å². The highest BCUT2D eigenvalue weighted by Gasteiger charge is 1.92. The zero-order valence-corrected chi connectivity index (χ0v) is 9.82. The Balaban J connectivity index is 2.27. The van der Waals surface area contributed by atoms with Crippen molar-refractivity contribution in [3.63, 3.8) is 0 Å². The SMILES string of the molecule is CCCCN(C)CC=Cc1ccccc1. The molecule has 1 aromatic carbocycles. The molecule has 0 fully saturated rings. The van der Waals surface area contributed by atoms with Crippen molar-refractivity contribution in [1.82, 2.24) is 4.90 Å². The van der Waals surface area contributed by atoms with Crippen LogP contribution in [0.15, 0.2) is 36.4 Å². The molecule has 1 rings (SSSR count). The van der Waals surface area contributed by atoms with Gasteiger partial charge in [-0.15, -0.1) is 0 Å². The summed E-state index contributed by atoms with van der Waals surface area (Å²) in [4.78, 5) is 2.35. The third-order valence-electron chi connectivity index (χ3n) is 2.42. The summed E-state index contributed by atoms with van der Waals surface area (Å²) in [6, 6.07) is 10.4. The van der Waals surface area contributed by atoms with E-state index >= 15 is 0 Å². The second-order valence-corrected chi connectivity index (χ2v) is 3.93. The van der Waals surface area contributed by atoms with Crippen LogP contribution in [-0.4, -0.2) is 25.0 Å². The molecular formula is C14H21N. The van der Waals surface area contributed by atoms with Gasteiger partial charge >= 0.3 is 0 Å². The van der Waals surface area contributed by atoms with E-state index in [2.05, 4.69) is 55.3 Å². The van der Waals surface area contributed by atoms with Gasteiger partial charge in [0.05, 0.1) is 0 Å². The normalized spacial score (nSPS) is 11.4. The molecule has 15 heavy (non-hydrogen) atoms. The molecule has 0 amide bonds. The molecule has 0 heterocycles. The molecule has 82 valence electrons. The maximum atomic E-state index is 2.35. The zero-order chi connectivity index (χ0) is 10.9. The molecule has 1 aromatic rings. The molecule has 0 spiro atoms. The van der Waals surface area contributed by atoms with Crippen LogP contribution in [0, 0.1) is 0 Å². The quantitative estimate of drug-likeness (QED) is 0.684. The Morgan fingerprint density at radius 3 is 2.60 bits per heavy atom.